The highest BCUT2D eigenvalue weighted by Gasteiger charge is 2.24. The third kappa shape index (κ3) is 5.26. The maximum Gasteiger partial charge on any atom is 0.236 e. The fourth-order valence-corrected chi connectivity index (χ4v) is 3.61. The minimum Gasteiger partial charge on any atom is -0.342 e. The number of hydrogen-bond acceptors (Lipinski definition) is 5. The quantitative estimate of drug-likeness (QED) is 0.814. The summed E-state index contributed by atoms with van der Waals surface area (Å²) in [5.74, 6) is 1.42. The molecular formula is C21H29N5O. The van der Waals surface area contributed by atoms with Crippen LogP contribution in [0.3, 0.4) is 0 Å². The van der Waals surface area contributed by atoms with Crippen LogP contribution < -0.4 is 5.32 Å². The Morgan fingerprint density at radius 3 is 2.74 bits per heavy atom. The Morgan fingerprint density at radius 1 is 1.22 bits per heavy atom. The zero-order valence-corrected chi connectivity index (χ0v) is 16.3. The number of amides is 1. The van der Waals surface area contributed by atoms with Gasteiger partial charge in [0.2, 0.25) is 5.91 Å². The van der Waals surface area contributed by atoms with Crippen molar-refractivity contribution in [1.29, 1.82) is 0 Å². The van der Waals surface area contributed by atoms with E-state index in [1.807, 2.05) is 43.1 Å². The smallest absolute Gasteiger partial charge is 0.236 e. The number of carbonyl (C=O) groups is 1. The number of pyridine rings is 2. The number of carbonyl (C=O) groups excluding carboxylic acids is 1. The van der Waals surface area contributed by atoms with Gasteiger partial charge in [-0.2, -0.15) is 0 Å². The number of piperidine rings is 1. The molecule has 2 aromatic rings. The van der Waals surface area contributed by atoms with E-state index in [4.69, 9.17) is 0 Å². The highest BCUT2D eigenvalue weighted by molar-refractivity contribution is 5.78. The molecule has 2 aromatic heterocycles. The van der Waals surface area contributed by atoms with Crippen molar-refractivity contribution in [2.75, 3.05) is 38.0 Å². The van der Waals surface area contributed by atoms with Crippen LogP contribution in [-0.4, -0.2) is 58.4 Å². The molecule has 144 valence electrons. The Kier molecular flexibility index (Phi) is 6.76. The molecule has 6 nitrogen and oxygen atoms in total. The summed E-state index contributed by atoms with van der Waals surface area (Å²) < 4.78 is 0. The molecule has 1 fully saturated rings. The Balaban J connectivity index is 1.58. The molecule has 1 N–H and O–H groups in total. The molecular weight excluding hydrogens is 338 g/mol. The lowest BCUT2D eigenvalue weighted by Crippen LogP contribution is -2.43. The predicted molar refractivity (Wildman–Crippen MR) is 108 cm³/mol. The fraction of sp³-hybridized carbons (Fsp3) is 0.476. The van der Waals surface area contributed by atoms with Crippen LogP contribution >= 0.6 is 0 Å². The molecule has 0 aliphatic carbocycles. The van der Waals surface area contributed by atoms with E-state index in [-0.39, 0.29) is 5.91 Å². The number of hydrogen-bond donors (Lipinski definition) is 1. The Morgan fingerprint density at radius 2 is 2.07 bits per heavy atom. The van der Waals surface area contributed by atoms with Gasteiger partial charge < -0.3 is 10.2 Å². The van der Waals surface area contributed by atoms with E-state index >= 15 is 0 Å². The number of aromatic nitrogens is 2. The van der Waals surface area contributed by atoms with Crippen molar-refractivity contribution in [3.8, 4) is 0 Å². The summed E-state index contributed by atoms with van der Waals surface area (Å²) in [6.45, 7) is 8.01. The van der Waals surface area contributed by atoms with Crippen LogP contribution in [0.2, 0.25) is 0 Å². The molecule has 1 saturated heterocycles. The fourth-order valence-electron chi connectivity index (χ4n) is 3.61. The van der Waals surface area contributed by atoms with Crippen LogP contribution in [0, 0.1) is 0 Å². The molecule has 1 amide bonds. The monoisotopic (exact) mass is 367 g/mol. The molecule has 0 unspecified atom stereocenters. The number of anilines is 2. The molecule has 0 bridgehead atoms. The third-order valence-electron chi connectivity index (χ3n) is 5.12. The van der Waals surface area contributed by atoms with Crippen molar-refractivity contribution in [2.45, 2.75) is 32.6 Å². The SMILES string of the molecule is CCN(CC)C(=O)CN1CCC[C@@H](c2ccc(Nc3ccccn3)cn2)C1. The van der Waals surface area contributed by atoms with Gasteiger partial charge >= 0.3 is 0 Å². The summed E-state index contributed by atoms with van der Waals surface area (Å²) in [7, 11) is 0. The van der Waals surface area contributed by atoms with Gasteiger partial charge in [0.15, 0.2) is 0 Å². The van der Waals surface area contributed by atoms with Crippen molar-refractivity contribution in [1.82, 2.24) is 19.8 Å². The van der Waals surface area contributed by atoms with Crippen molar-refractivity contribution in [3.63, 3.8) is 0 Å². The Bertz CT molecular complexity index is 715. The molecule has 1 atom stereocenters. The van der Waals surface area contributed by atoms with E-state index < -0.39 is 0 Å². The summed E-state index contributed by atoms with van der Waals surface area (Å²) in [5, 5.41) is 3.26. The number of nitrogens with zero attached hydrogens (tertiary/aromatic N) is 4. The molecule has 3 heterocycles. The number of likely N-dealkylation sites (N-methyl/N-ethyl adjacent to an activating group) is 1. The van der Waals surface area contributed by atoms with E-state index in [2.05, 4.69) is 32.3 Å². The standard InChI is InChI=1S/C21H29N5O/c1-3-26(4-2)21(27)16-25-13-7-8-17(15-25)19-11-10-18(14-23-19)24-20-9-5-6-12-22-20/h5-6,9-12,14,17H,3-4,7-8,13,15-16H2,1-2H3,(H,22,24)/t17-/m1/s1. The summed E-state index contributed by atoms with van der Waals surface area (Å²) in [6.07, 6.45) is 5.85. The second-order valence-corrected chi connectivity index (χ2v) is 6.95. The van der Waals surface area contributed by atoms with Gasteiger partial charge in [0, 0.05) is 37.4 Å². The summed E-state index contributed by atoms with van der Waals surface area (Å²) in [6, 6.07) is 9.92. The van der Waals surface area contributed by atoms with Crippen molar-refractivity contribution in [3.05, 3.63) is 48.4 Å². The topological polar surface area (TPSA) is 61.4 Å². The molecule has 1 aliphatic heterocycles. The predicted octanol–water partition coefficient (Wildman–Crippen LogP) is 3.27. The molecule has 0 radical (unpaired) electrons. The van der Waals surface area contributed by atoms with E-state index in [0.29, 0.717) is 12.5 Å². The van der Waals surface area contributed by atoms with Gasteiger partial charge in [-0.25, -0.2) is 4.98 Å². The lowest BCUT2D eigenvalue weighted by atomic mass is 9.94. The first-order valence-electron chi connectivity index (χ1n) is 9.83. The van der Waals surface area contributed by atoms with E-state index in [0.717, 1.165) is 56.2 Å². The van der Waals surface area contributed by atoms with E-state index in [9.17, 15) is 4.79 Å². The van der Waals surface area contributed by atoms with Crippen LogP contribution in [0.15, 0.2) is 42.7 Å². The Labute approximate surface area is 161 Å². The van der Waals surface area contributed by atoms with Crippen LogP contribution in [-0.2, 0) is 4.79 Å². The minimum atomic E-state index is 0.225. The molecule has 6 heteroatoms. The van der Waals surface area contributed by atoms with Crippen molar-refractivity contribution in [2.24, 2.45) is 0 Å². The summed E-state index contributed by atoms with van der Waals surface area (Å²) in [4.78, 5) is 25.5. The number of likely N-dealkylation sites (tertiary alicyclic amines) is 1. The zero-order chi connectivity index (χ0) is 19.1. The highest BCUT2D eigenvalue weighted by Crippen LogP contribution is 2.26. The van der Waals surface area contributed by atoms with Gasteiger partial charge in [-0.05, 0) is 57.5 Å². The van der Waals surface area contributed by atoms with Gasteiger partial charge in [0.25, 0.3) is 0 Å². The lowest BCUT2D eigenvalue weighted by molar-refractivity contribution is -0.132. The van der Waals surface area contributed by atoms with Gasteiger partial charge in [-0.15, -0.1) is 0 Å². The third-order valence-corrected chi connectivity index (χ3v) is 5.12. The summed E-state index contributed by atoms with van der Waals surface area (Å²) >= 11 is 0. The first-order valence-corrected chi connectivity index (χ1v) is 9.83. The average molecular weight is 367 g/mol. The largest absolute Gasteiger partial charge is 0.342 e. The maximum absolute atomic E-state index is 12.4. The molecule has 0 saturated carbocycles. The molecule has 0 aromatic carbocycles. The Hall–Kier alpha value is -2.47. The van der Waals surface area contributed by atoms with Crippen molar-refractivity contribution < 1.29 is 4.79 Å². The maximum atomic E-state index is 12.4. The zero-order valence-electron chi connectivity index (χ0n) is 16.3. The minimum absolute atomic E-state index is 0.225. The van der Waals surface area contributed by atoms with E-state index in [1.54, 1.807) is 6.20 Å². The summed E-state index contributed by atoms with van der Waals surface area (Å²) in [5.41, 5.74) is 2.03. The van der Waals surface area contributed by atoms with Crippen molar-refractivity contribution >= 4 is 17.4 Å². The molecule has 0 spiro atoms. The normalized spacial score (nSPS) is 17.5. The number of nitrogens with one attached hydrogen (secondary N) is 1. The number of rotatable bonds is 7. The van der Waals surface area contributed by atoms with Crippen LogP contribution in [0.4, 0.5) is 11.5 Å². The van der Waals surface area contributed by atoms with Crippen LogP contribution in [0.5, 0.6) is 0 Å². The van der Waals surface area contributed by atoms with E-state index in [1.165, 1.54) is 0 Å². The first-order chi connectivity index (χ1) is 13.2. The molecule has 27 heavy (non-hydrogen) atoms. The van der Waals surface area contributed by atoms with Crippen LogP contribution in [0.1, 0.15) is 38.3 Å². The van der Waals surface area contributed by atoms with Gasteiger partial charge in [0.1, 0.15) is 5.82 Å². The van der Waals surface area contributed by atoms with Crippen LogP contribution in [0.25, 0.3) is 0 Å². The molecule has 3 rings (SSSR count). The van der Waals surface area contributed by atoms with Gasteiger partial charge in [-0.3, -0.25) is 14.7 Å². The first kappa shape index (κ1) is 19.3. The highest BCUT2D eigenvalue weighted by atomic mass is 16.2. The van der Waals surface area contributed by atoms with Gasteiger partial charge in [-0.1, -0.05) is 6.07 Å². The second-order valence-electron chi connectivity index (χ2n) is 6.95. The van der Waals surface area contributed by atoms with Gasteiger partial charge in [0.05, 0.1) is 18.4 Å². The lowest BCUT2D eigenvalue weighted by Gasteiger charge is -2.33. The average Bonchev–Trinajstić information content (AvgIpc) is 2.70. The second kappa shape index (κ2) is 9.46. The molecule has 1 aliphatic rings.